The number of piperidine rings is 2. The van der Waals surface area contributed by atoms with Gasteiger partial charge in [0.15, 0.2) is 0 Å². The molecule has 1 saturated carbocycles. The van der Waals surface area contributed by atoms with Crippen LogP contribution < -0.4 is 0 Å². The van der Waals surface area contributed by atoms with E-state index in [0.29, 0.717) is 12.6 Å². The third kappa shape index (κ3) is 5.16. The zero-order chi connectivity index (χ0) is 20.3. The largest absolute Gasteiger partial charge is 0.396 e. The standard InChI is InChI=1S/C23H36N4O2/c1-25(17-23(18-28)8-9-23)22(29)20-5-3-11-27(16-20)21-6-12-26(13-7-21)15-19-4-2-10-24-14-19/h2,4,10,14,20-21,28H,3,5-9,11-13,15-18H2,1H3/t20-/m0/s1. The molecule has 0 unspecified atom stereocenters. The molecule has 0 radical (unpaired) electrons. The highest BCUT2D eigenvalue weighted by Gasteiger charge is 2.44. The van der Waals surface area contributed by atoms with Crippen molar-refractivity contribution in [2.45, 2.75) is 51.1 Å². The summed E-state index contributed by atoms with van der Waals surface area (Å²) in [6, 6.07) is 4.77. The number of aromatic nitrogens is 1. The number of carbonyl (C=O) groups is 1. The van der Waals surface area contributed by atoms with Gasteiger partial charge in [-0.05, 0) is 69.8 Å². The van der Waals surface area contributed by atoms with Crippen molar-refractivity contribution < 1.29 is 9.90 Å². The highest BCUT2D eigenvalue weighted by Crippen LogP contribution is 2.45. The van der Waals surface area contributed by atoms with E-state index in [1.165, 1.54) is 18.4 Å². The fraction of sp³-hybridized carbons (Fsp3) is 0.739. The lowest BCUT2D eigenvalue weighted by atomic mass is 9.92. The van der Waals surface area contributed by atoms with Crippen molar-refractivity contribution in [3.8, 4) is 0 Å². The average molecular weight is 401 g/mol. The van der Waals surface area contributed by atoms with E-state index in [4.69, 9.17) is 0 Å². The van der Waals surface area contributed by atoms with Gasteiger partial charge in [0.2, 0.25) is 5.91 Å². The second-order valence-corrected chi connectivity index (χ2v) is 9.56. The Morgan fingerprint density at radius 2 is 2.07 bits per heavy atom. The Hall–Kier alpha value is -1.50. The van der Waals surface area contributed by atoms with E-state index >= 15 is 0 Å². The number of carbonyl (C=O) groups excluding carboxylic acids is 1. The number of nitrogens with zero attached hydrogens (tertiary/aromatic N) is 4. The van der Waals surface area contributed by atoms with Gasteiger partial charge in [0, 0.05) is 50.5 Å². The summed E-state index contributed by atoms with van der Waals surface area (Å²) in [5.41, 5.74) is 1.29. The van der Waals surface area contributed by atoms with Crippen molar-refractivity contribution in [2.75, 3.05) is 46.4 Å². The molecular formula is C23H36N4O2. The molecule has 160 valence electrons. The lowest BCUT2D eigenvalue weighted by Crippen LogP contribution is -2.51. The molecule has 3 aliphatic rings. The summed E-state index contributed by atoms with van der Waals surface area (Å²) in [7, 11) is 1.92. The van der Waals surface area contributed by atoms with Gasteiger partial charge in [0.25, 0.3) is 0 Å². The monoisotopic (exact) mass is 400 g/mol. The van der Waals surface area contributed by atoms with Crippen molar-refractivity contribution >= 4 is 5.91 Å². The van der Waals surface area contributed by atoms with E-state index in [2.05, 4.69) is 20.9 Å². The van der Waals surface area contributed by atoms with Crippen molar-refractivity contribution in [1.82, 2.24) is 19.7 Å². The number of pyridine rings is 1. The Bertz CT molecular complexity index is 671. The number of aliphatic hydroxyl groups is 1. The zero-order valence-electron chi connectivity index (χ0n) is 17.8. The van der Waals surface area contributed by atoms with Crippen LogP contribution in [-0.2, 0) is 11.3 Å². The predicted molar refractivity (Wildman–Crippen MR) is 113 cm³/mol. The molecule has 1 aromatic rings. The van der Waals surface area contributed by atoms with Crippen LogP contribution in [0.5, 0.6) is 0 Å². The van der Waals surface area contributed by atoms with Crippen LogP contribution >= 0.6 is 0 Å². The highest BCUT2D eigenvalue weighted by atomic mass is 16.3. The summed E-state index contributed by atoms with van der Waals surface area (Å²) in [6.45, 7) is 6.18. The summed E-state index contributed by atoms with van der Waals surface area (Å²) < 4.78 is 0. The first-order valence-electron chi connectivity index (χ1n) is 11.3. The van der Waals surface area contributed by atoms with Gasteiger partial charge in [-0.3, -0.25) is 19.6 Å². The number of rotatable bonds is 7. The van der Waals surface area contributed by atoms with Crippen LogP contribution in [-0.4, -0.2) is 83.1 Å². The number of hydrogen-bond donors (Lipinski definition) is 1. The number of aliphatic hydroxyl groups excluding tert-OH is 1. The van der Waals surface area contributed by atoms with Gasteiger partial charge in [-0.25, -0.2) is 0 Å². The lowest BCUT2D eigenvalue weighted by molar-refractivity contribution is -0.137. The molecule has 6 heteroatoms. The van der Waals surface area contributed by atoms with Crippen LogP contribution in [0.4, 0.5) is 0 Å². The molecule has 3 heterocycles. The first kappa shape index (κ1) is 20.8. The fourth-order valence-corrected chi connectivity index (χ4v) is 5.17. The maximum Gasteiger partial charge on any atom is 0.226 e. The lowest BCUT2D eigenvalue weighted by Gasteiger charge is -2.42. The Morgan fingerprint density at radius 3 is 2.72 bits per heavy atom. The third-order valence-corrected chi connectivity index (χ3v) is 7.25. The van der Waals surface area contributed by atoms with Gasteiger partial charge in [-0.1, -0.05) is 6.07 Å². The first-order chi connectivity index (χ1) is 14.1. The predicted octanol–water partition coefficient (Wildman–Crippen LogP) is 1.99. The summed E-state index contributed by atoms with van der Waals surface area (Å²) in [4.78, 5) is 24.2. The van der Waals surface area contributed by atoms with Crippen LogP contribution in [0, 0.1) is 11.3 Å². The molecular weight excluding hydrogens is 364 g/mol. The van der Waals surface area contributed by atoms with Crippen molar-refractivity contribution in [3.05, 3.63) is 30.1 Å². The first-order valence-corrected chi connectivity index (χ1v) is 11.3. The quantitative estimate of drug-likeness (QED) is 0.759. The molecule has 29 heavy (non-hydrogen) atoms. The summed E-state index contributed by atoms with van der Waals surface area (Å²) in [5.74, 6) is 0.403. The number of likely N-dealkylation sites (tertiary alicyclic amines) is 2. The minimum Gasteiger partial charge on any atom is -0.396 e. The van der Waals surface area contributed by atoms with E-state index in [1.54, 1.807) is 0 Å². The highest BCUT2D eigenvalue weighted by molar-refractivity contribution is 5.79. The van der Waals surface area contributed by atoms with Gasteiger partial charge >= 0.3 is 0 Å². The molecule has 0 spiro atoms. The number of amides is 1. The van der Waals surface area contributed by atoms with Gasteiger partial charge in [0.05, 0.1) is 12.5 Å². The van der Waals surface area contributed by atoms with Crippen LogP contribution in [0.2, 0.25) is 0 Å². The topological polar surface area (TPSA) is 59.9 Å². The fourth-order valence-electron chi connectivity index (χ4n) is 5.17. The smallest absolute Gasteiger partial charge is 0.226 e. The molecule has 3 fully saturated rings. The second-order valence-electron chi connectivity index (χ2n) is 9.56. The SMILES string of the molecule is CN(CC1(CO)CC1)C(=O)[C@H]1CCCN(C2CCN(Cc3cccnc3)CC2)C1. The molecule has 6 nitrogen and oxygen atoms in total. The molecule has 1 N–H and O–H groups in total. The van der Waals surface area contributed by atoms with Crippen molar-refractivity contribution in [3.63, 3.8) is 0 Å². The molecule has 2 aliphatic heterocycles. The maximum atomic E-state index is 13.0. The van der Waals surface area contributed by atoms with Gasteiger partial charge in [-0.15, -0.1) is 0 Å². The third-order valence-electron chi connectivity index (χ3n) is 7.25. The van der Waals surface area contributed by atoms with Gasteiger partial charge in [0.1, 0.15) is 0 Å². The molecule has 1 atom stereocenters. The molecule has 1 amide bonds. The Labute approximate surface area is 174 Å². The van der Waals surface area contributed by atoms with E-state index in [1.807, 2.05) is 30.4 Å². The average Bonchev–Trinajstić information content (AvgIpc) is 3.54. The number of hydrogen-bond acceptors (Lipinski definition) is 5. The van der Waals surface area contributed by atoms with Crippen molar-refractivity contribution in [2.24, 2.45) is 11.3 Å². The van der Waals surface area contributed by atoms with Crippen LogP contribution in [0.15, 0.2) is 24.5 Å². The summed E-state index contributed by atoms with van der Waals surface area (Å²) >= 11 is 0. The molecule has 2 saturated heterocycles. The molecule has 4 rings (SSSR count). The minimum absolute atomic E-state index is 0.000133. The normalized spacial score (nSPS) is 25.7. The Balaban J connectivity index is 1.25. The molecule has 1 aromatic heterocycles. The maximum absolute atomic E-state index is 13.0. The molecule has 0 bridgehead atoms. The van der Waals surface area contributed by atoms with E-state index in [9.17, 15) is 9.90 Å². The second kappa shape index (κ2) is 9.11. The Morgan fingerprint density at radius 1 is 1.28 bits per heavy atom. The van der Waals surface area contributed by atoms with Crippen LogP contribution in [0.3, 0.4) is 0 Å². The van der Waals surface area contributed by atoms with E-state index in [-0.39, 0.29) is 23.8 Å². The van der Waals surface area contributed by atoms with Crippen molar-refractivity contribution in [1.29, 1.82) is 0 Å². The minimum atomic E-state index is -0.000133. The van der Waals surface area contributed by atoms with E-state index < -0.39 is 0 Å². The molecule has 0 aromatic carbocycles. The van der Waals surface area contributed by atoms with Gasteiger partial charge in [-0.2, -0.15) is 0 Å². The molecule has 1 aliphatic carbocycles. The van der Waals surface area contributed by atoms with Gasteiger partial charge < -0.3 is 10.0 Å². The van der Waals surface area contributed by atoms with Crippen LogP contribution in [0.25, 0.3) is 0 Å². The van der Waals surface area contributed by atoms with Crippen LogP contribution in [0.1, 0.15) is 44.1 Å². The summed E-state index contributed by atoms with van der Waals surface area (Å²) in [6.07, 6.45) is 10.4. The van der Waals surface area contributed by atoms with E-state index in [0.717, 1.165) is 58.4 Å². The zero-order valence-corrected chi connectivity index (χ0v) is 17.8. The summed E-state index contributed by atoms with van der Waals surface area (Å²) in [5, 5.41) is 9.57. The Kier molecular flexibility index (Phi) is 6.52.